The molecule has 3 rings (SSSR count). The van der Waals surface area contributed by atoms with Crippen molar-refractivity contribution in [1.29, 1.82) is 0 Å². The van der Waals surface area contributed by atoms with Crippen molar-refractivity contribution in [3.8, 4) is 11.4 Å². The van der Waals surface area contributed by atoms with Gasteiger partial charge in [0.25, 0.3) is 0 Å². The Bertz CT molecular complexity index is 958. The maximum absolute atomic E-state index is 13.9. The molecule has 1 amide bonds. The fourth-order valence-corrected chi connectivity index (χ4v) is 3.07. The SMILES string of the molecule is Cc1ccc(F)cc1NC(=O)CSc1nnc(-c2ccccc2F)n1C. The molecule has 8 heteroatoms. The summed E-state index contributed by atoms with van der Waals surface area (Å²) in [4.78, 5) is 12.1. The number of carbonyl (C=O) groups excluding carboxylic acids is 1. The Hall–Kier alpha value is -2.74. The van der Waals surface area contributed by atoms with E-state index in [2.05, 4.69) is 15.5 Å². The third kappa shape index (κ3) is 3.91. The average molecular weight is 374 g/mol. The van der Waals surface area contributed by atoms with Gasteiger partial charge in [-0.05, 0) is 36.8 Å². The van der Waals surface area contributed by atoms with E-state index in [4.69, 9.17) is 0 Å². The van der Waals surface area contributed by atoms with Gasteiger partial charge in [0, 0.05) is 12.7 Å². The van der Waals surface area contributed by atoms with Gasteiger partial charge < -0.3 is 9.88 Å². The Kier molecular flexibility index (Phi) is 5.32. The van der Waals surface area contributed by atoms with E-state index in [0.717, 1.165) is 5.56 Å². The van der Waals surface area contributed by atoms with E-state index in [1.54, 1.807) is 42.8 Å². The molecule has 2 aromatic carbocycles. The van der Waals surface area contributed by atoms with Gasteiger partial charge in [0.05, 0.1) is 11.3 Å². The Labute approximate surface area is 153 Å². The normalized spacial score (nSPS) is 10.8. The van der Waals surface area contributed by atoms with Gasteiger partial charge in [-0.3, -0.25) is 4.79 Å². The van der Waals surface area contributed by atoms with Gasteiger partial charge in [0.1, 0.15) is 11.6 Å². The Morgan fingerprint density at radius 1 is 1.19 bits per heavy atom. The molecule has 0 spiro atoms. The zero-order chi connectivity index (χ0) is 18.7. The van der Waals surface area contributed by atoms with Crippen molar-refractivity contribution >= 4 is 23.4 Å². The quantitative estimate of drug-likeness (QED) is 0.690. The van der Waals surface area contributed by atoms with E-state index in [-0.39, 0.29) is 17.5 Å². The van der Waals surface area contributed by atoms with Crippen molar-refractivity contribution in [2.45, 2.75) is 12.1 Å². The summed E-state index contributed by atoms with van der Waals surface area (Å²) in [5.74, 6) is -0.648. The molecule has 134 valence electrons. The Morgan fingerprint density at radius 2 is 1.96 bits per heavy atom. The molecule has 1 aromatic heterocycles. The third-order valence-electron chi connectivity index (χ3n) is 3.76. The number of halogens is 2. The zero-order valence-electron chi connectivity index (χ0n) is 14.2. The van der Waals surface area contributed by atoms with Crippen LogP contribution < -0.4 is 5.32 Å². The first-order valence-electron chi connectivity index (χ1n) is 7.79. The molecule has 26 heavy (non-hydrogen) atoms. The highest BCUT2D eigenvalue weighted by Crippen LogP contribution is 2.25. The van der Waals surface area contributed by atoms with Crippen LogP contribution in [-0.4, -0.2) is 26.4 Å². The van der Waals surface area contributed by atoms with Crippen LogP contribution in [0.4, 0.5) is 14.5 Å². The molecular formula is C18H16F2N4OS. The van der Waals surface area contributed by atoms with Crippen LogP contribution in [0.15, 0.2) is 47.6 Å². The molecule has 0 unspecified atom stereocenters. The molecule has 0 aliphatic heterocycles. The lowest BCUT2D eigenvalue weighted by atomic mass is 10.2. The third-order valence-corrected chi connectivity index (χ3v) is 4.78. The van der Waals surface area contributed by atoms with Gasteiger partial charge in [-0.15, -0.1) is 10.2 Å². The van der Waals surface area contributed by atoms with Crippen molar-refractivity contribution < 1.29 is 13.6 Å². The van der Waals surface area contributed by atoms with Gasteiger partial charge in [0.15, 0.2) is 11.0 Å². The van der Waals surface area contributed by atoms with Crippen molar-refractivity contribution in [1.82, 2.24) is 14.8 Å². The van der Waals surface area contributed by atoms with Gasteiger partial charge in [-0.25, -0.2) is 8.78 Å². The number of nitrogens with one attached hydrogen (secondary N) is 1. The second-order valence-corrected chi connectivity index (χ2v) is 6.58. The molecule has 0 bridgehead atoms. The highest BCUT2D eigenvalue weighted by atomic mass is 32.2. The van der Waals surface area contributed by atoms with Crippen LogP contribution in [0.5, 0.6) is 0 Å². The molecule has 0 atom stereocenters. The summed E-state index contributed by atoms with van der Waals surface area (Å²) in [6.45, 7) is 1.78. The second kappa shape index (κ2) is 7.65. The maximum atomic E-state index is 13.9. The van der Waals surface area contributed by atoms with Crippen LogP contribution in [0.2, 0.25) is 0 Å². The number of amides is 1. The molecule has 3 aromatic rings. The number of carbonyl (C=O) groups is 1. The van der Waals surface area contributed by atoms with Crippen molar-refractivity contribution in [3.05, 3.63) is 59.7 Å². The molecule has 0 saturated carbocycles. The van der Waals surface area contributed by atoms with E-state index in [9.17, 15) is 13.6 Å². The summed E-state index contributed by atoms with van der Waals surface area (Å²) in [7, 11) is 1.71. The highest BCUT2D eigenvalue weighted by molar-refractivity contribution is 7.99. The van der Waals surface area contributed by atoms with Gasteiger partial charge >= 0.3 is 0 Å². The lowest BCUT2D eigenvalue weighted by molar-refractivity contribution is -0.113. The highest BCUT2D eigenvalue weighted by Gasteiger charge is 2.15. The van der Waals surface area contributed by atoms with Crippen LogP contribution in [0, 0.1) is 18.6 Å². The number of aromatic nitrogens is 3. The maximum Gasteiger partial charge on any atom is 0.234 e. The van der Waals surface area contributed by atoms with Crippen molar-refractivity contribution in [2.75, 3.05) is 11.1 Å². The van der Waals surface area contributed by atoms with E-state index < -0.39 is 5.82 Å². The lowest BCUT2D eigenvalue weighted by Gasteiger charge is -2.08. The number of benzene rings is 2. The predicted octanol–water partition coefficient (Wildman–Crippen LogP) is 3.80. The Morgan fingerprint density at radius 3 is 2.73 bits per heavy atom. The van der Waals surface area contributed by atoms with E-state index >= 15 is 0 Å². The molecule has 1 N–H and O–H groups in total. The van der Waals surface area contributed by atoms with Crippen LogP contribution in [0.3, 0.4) is 0 Å². The molecule has 1 heterocycles. The predicted molar refractivity (Wildman–Crippen MR) is 96.9 cm³/mol. The number of nitrogens with zero attached hydrogens (tertiary/aromatic N) is 3. The standard InChI is InChI=1S/C18H16F2N4OS/c1-11-7-8-12(19)9-15(11)21-16(25)10-26-18-23-22-17(24(18)2)13-5-3-4-6-14(13)20/h3-9H,10H2,1-2H3,(H,21,25). The summed E-state index contributed by atoms with van der Waals surface area (Å²) in [6.07, 6.45) is 0. The number of thioether (sulfide) groups is 1. The molecule has 5 nitrogen and oxygen atoms in total. The van der Waals surface area contributed by atoms with Crippen LogP contribution in [-0.2, 0) is 11.8 Å². The lowest BCUT2D eigenvalue weighted by Crippen LogP contribution is -2.15. The molecule has 0 aliphatic carbocycles. The minimum atomic E-state index is -0.415. The van der Waals surface area contributed by atoms with E-state index in [0.29, 0.717) is 22.2 Å². The molecule has 0 radical (unpaired) electrons. The molecule has 0 aliphatic rings. The minimum Gasteiger partial charge on any atom is -0.325 e. The smallest absolute Gasteiger partial charge is 0.234 e. The topological polar surface area (TPSA) is 59.8 Å². The van der Waals surface area contributed by atoms with Crippen LogP contribution in [0.1, 0.15) is 5.56 Å². The number of rotatable bonds is 5. The first-order valence-corrected chi connectivity index (χ1v) is 8.77. The summed E-state index contributed by atoms with van der Waals surface area (Å²) >= 11 is 1.17. The Balaban J connectivity index is 1.68. The first kappa shape index (κ1) is 18.1. The molecule has 0 saturated heterocycles. The fraction of sp³-hybridized carbons (Fsp3) is 0.167. The zero-order valence-corrected chi connectivity index (χ0v) is 15.0. The van der Waals surface area contributed by atoms with Gasteiger partial charge in [-0.1, -0.05) is 30.0 Å². The number of hydrogen-bond donors (Lipinski definition) is 1. The van der Waals surface area contributed by atoms with Gasteiger partial charge in [-0.2, -0.15) is 0 Å². The van der Waals surface area contributed by atoms with Crippen LogP contribution in [0.25, 0.3) is 11.4 Å². The largest absolute Gasteiger partial charge is 0.325 e. The summed E-state index contributed by atoms with van der Waals surface area (Å²) < 4.78 is 28.8. The average Bonchev–Trinajstić information content (AvgIpc) is 2.97. The van der Waals surface area contributed by atoms with E-state index in [1.165, 1.54) is 30.0 Å². The van der Waals surface area contributed by atoms with E-state index in [1.807, 2.05) is 0 Å². The summed E-state index contributed by atoms with van der Waals surface area (Å²) in [5, 5.41) is 11.2. The van der Waals surface area contributed by atoms with Crippen molar-refractivity contribution in [3.63, 3.8) is 0 Å². The second-order valence-electron chi connectivity index (χ2n) is 5.64. The van der Waals surface area contributed by atoms with Crippen molar-refractivity contribution in [2.24, 2.45) is 7.05 Å². The van der Waals surface area contributed by atoms with Crippen LogP contribution >= 0.6 is 11.8 Å². The summed E-state index contributed by atoms with van der Waals surface area (Å²) in [6, 6.07) is 10.5. The van der Waals surface area contributed by atoms with Gasteiger partial charge in [0.2, 0.25) is 5.91 Å². The number of aryl methyl sites for hydroxylation is 1. The molecular weight excluding hydrogens is 358 g/mol. The summed E-state index contributed by atoms with van der Waals surface area (Å²) in [5.41, 5.74) is 1.54. The molecule has 0 fully saturated rings. The first-order chi connectivity index (χ1) is 12.5. The minimum absolute atomic E-state index is 0.0686. The fourth-order valence-electron chi connectivity index (χ4n) is 2.36. The number of hydrogen-bond acceptors (Lipinski definition) is 4. The monoisotopic (exact) mass is 374 g/mol. The number of anilines is 1.